The Hall–Kier alpha value is -2.88. The SMILES string of the molecule is CSc1ccc(-c2noc(CSc3nc4ccccc4c(=O)n3CCc3cccs3)n2)cc1. The quantitative estimate of drug-likeness (QED) is 0.201. The van der Waals surface area contributed by atoms with Crippen LogP contribution in [0.15, 0.2) is 85.4 Å². The Morgan fingerprint density at radius 3 is 2.67 bits per heavy atom. The maximum atomic E-state index is 13.2. The number of rotatable bonds is 8. The Morgan fingerprint density at radius 1 is 1.03 bits per heavy atom. The van der Waals surface area contributed by atoms with E-state index in [0.717, 1.165) is 12.0 Å². The van der Waals surface area contributed by atoms with E-state index >= 15 is 0 Å². The van der Waals surface area contributed by atoms with Gasteiger partial charge >= 0.3 is 0 Å². The van der Waals surface area contributed by atoms with Crippen LogP contribution in [-0.4, -0.2) is 25.9 Å². The molecule has 33 heavy (non-hydrogen) atoms. The van der Waals surface area contributed by atoms with Gasteiger partial charge in [0.1, 0.15) is 0 Å². The van der Waals surface area contributed by atoms with E-state index in [-0.39, 0.29) is 5.56 Å². The van der Waals surface area contributed by atoms with Crippen LogP contribution >= 0.6 is 34.9 Å². The molecular weight excluding hydrogens is 472 g/mol. The number of thiophene rings is 1. The Bertz CT molecular complexity index is 1430. The highest BCUT2D eigenvalue weighted by atomic mass is 32.2. The second kappa shape index (κ2) is 9.94. The Balaban J connectivity index is 1.39. The average Bonchev–Trinajstić information content (AvgIpc) is 3.55. The molecule has 5 aromatic rings. The first-order valence-corrected chi connectivity index (χ1v) is 13.4. The van der Waals surface area contributed by atoms with Crippen LogP contribution in [0.2, 0.25) is 0 Å². The lowest BCUT2D eigenvalue weighted by molar-refractivity contribution is 0.391. The van der Waals surface area contributed by atoms with Crippen LogP contribution in [0.5, 0.6) is 0 Å². The van der Waals surface area contributed by atoms with Crippen molar-refractivity contribution in [3.8, 4) is 11.4 Å². The molecule has 0 saturated carbocycles. The van der Waals surface area contributed by atoms with Gasteiger partial charge in [-0.3, -0.25) is 9.36 Å². The minimum Gasteiger partial charge on any atom is -0.338 e. The lowest BCUT2D eigenvalue weighted by atomic mass is 10.2. The Kier molecular flexibility index (Phi) is 6.61. The molecule has 0 aliphatic carbocycles. The van der Waals surface area contributed by atoms with E-state index in [9.17, 15) is 4.79 Å². The van der Waals surface area contributed by atoms with Gasteiger partial charge in [-0.2, -0.15) is 4.98 Å². The molecule has 0 radical (unpaired) electrons. The van der Waals surface area contributed by atoms with Crippen LogP contribution in [0.25, 0.3) is 22.3 Å². The number of thioether (sulfide) groups is 2. The van der Waals surface area contributed by atoms with E-state index in [1.807, 2.05) is 66.2 Å². The molecule has 0 bridgehead atoms. The smallest absolute Gasteiger partial charge is 0.262 e. The van der Waals surface area contributed by atoms with Crippen LogP contribution < -0.4 is 5.56 Å². The molecular formula is C24H20N4O2S3. The number of aryl methyl sites for hydroxylation is 1. The predicted octanol–water partition coefficient (Wildman–Crippen LogP) is 5.76. The zero-order valence-corrected chi connectivity index (χ0v) is 20.3. The summed E-state index contributed by atoms with van der Waals surface area (Å²) in [5.74, 6) is 1.48. The van der Waals surface area contributed by atoms with Gasteiger partial charge in [0.25, 0.3) is 5.56 Å². The van der Waals surface area contributed by atoms with E-state index in [1.54, 1.807) is 27.7 Å². The van der Waals surface area contributed by atoms with Crippen molar-refractivity contribution in [3.05, 3.63) is 87.2 Å². The number of hydrogen-bond donors (Lipinski definition) is 0. The van der Waals surface area contributed by atoms with Crippen LogP contribution in [-0.2, 0) is 18.7 Å². The van der Waals surface area contributed by atoms with Crippen LogP contribution in [0.4, 0.5) is 0 Å². The summed E-state index contributed by atoms with van der Waals surface area (Å²) in [4.78, 5) is 24.9. The van der Waals surface area contributed by atoms with Crippen molar-refractivity contribution in [3.63, 3.8) is 0 Å². The van der Waals surface area contributed by atoms with Crippen molar-refractivity contribution in [2.24, 2.45) is 0 Å². The number of hydrogen-bond acceptors (Lipinski definition) is 8. The summed E-state index contributed by atoms with van der Waals surface area (Å²) in [5, 5.41) is 7.45. The molecule has 5 rings (SSSR count). The van der Waals surface area contributed by atoms with Crippen molar-refractivity contribution in [2.45, 2.75) is 28.8 Å². The van der Waals surface area contributed by atoms with Gasteiger partial charge in [0.05, 0.1) is 16.7 Å². The minimum atomic E-state index is -0.0280. The summed E-state index contributed by atoms with van der Waals surface area (Å²) in [5.41, 5.74) is 1.57. The maximum Gasteiger partial charge on any atom is 0.262 e. The minimum absolute atomic E-state index is 0.0280. The normalized spacial score (nSPS) is 11.3. The molecule has 3 heterocycles. The summed E-state index contributed by atoms with van der Waals surface area (Å²) in [6.07, 6.45) is 2.82. The lowest BCUT2D eigenvalue weighted by Crippen LogP contribution is -2.24. The zero-order valence-electron chi connectivity index (χ0n) is 17.8. The van der Waals surface area contributed by atoms with E-state index < -0.39 is 0 Å². The molecule has 0 saturated heterocycles. The summed E-state index contributed by atoms with van der Waals surface area (Å²) in [6, 6.07) is 19.6. The molecule has 6 nitrogen and oxygen atoms in total. The van der Waals surface area contributed by atoms with Crippen molar-refractivity contribution in [2.75, 3.05) is 6.26 Å². The third-order valence-corrected chi connectivity index (χ3v) is 7.77. The van der Waals surface area contributed by atoms with Crippen molar-refractivity contribution in [1.82, 2.24) is 19.7 Å². The molecule has 0 N–H and O–H groups in total. The largest absolute Gasteiger partial charge is 0.338 e. The van der Waals surface area contributed by atoms with Crippen LogP contribution in [0, 0.1) is 0 Å². The highest BCUT2D eigenvalue weighted by molar-refractivity contribution is 7.98. The highest BCUT2D eigenvalue weighted by Crippen LogP contribution is 2.25. The van der Waals surface area contributed by atoms with Gasteiger partial charge in [0, 0.05) is 21.9 Å². The number of aromatic nitrogens is 4. The second-order valence-corrected chi connectivity index (χ2v) is 10.1. The van der Waals surface area contributed by atoms with Gasteiger partial charge in [-0.05, 0) is 60.5 Å². The topological polar surface area (TPSA) is 73.8 Å². The van der Waals surface area contributed by atoms with Gasteiger partial charge in [0.15, 0.2) is 5.16 Å². The van der Waals surface area contributed by atoms with Gasteiger partial charge in [-0.1, -0.05) is 35.1 Å². The first-order valence-electron chi connectivity index (χ1n) is 10.3. The molecule has 0 fully saturated rings. The molecule has 0 aliphatic heterocycles. The molecule has 0 atom stereocenters. The fourth-order valence-corrected chi connectivity index (χ4v) is 5.40. The molecule has 0 amide bonds. The molecule has 2 aromatic carbocycles. The Morgan fingerprint density at radius 2 is 1.88 bits per heavy atom. The van der Waals surface area contributed by atoms with Crippen LogP contribution in [0.3, 0.4) is 0 Å². The van der Waals surface area contributed by atoms with E-state index in [4.69, 9.17) is 9.51 Å². The predicted molar refractivity (Wildman–Crippen MR) is 135 cm³/mol. The fourth-order valence-electron chi connectivity index (χ4n) is 3.43. The van der Waals surface area contributed by atoms with Gasteiger partial charge in [-0.15, -0.1) is 23.1 Å². The number of benzene rings is 2. The summed E-state index contributed by atoms with van der Waals surface area (Å²) in [6.45, 7) is 0.566. The molecule has 0 unspecified atom stereocenters. The summed E-state index contributed by atoms with van der Waals surface area (Å²) in [7, 11) is 0. The summed E-state index contributed by atoms with van der Waals surface area (Å²) >= 11 is 4.82. The van der Waals surface area contributed by atoms with Crippen LogP contribution in [0.1, 0.15) is 10.8 Å². The highest BCUT2D eigenvalue weighted by Gasteiger charge is 2.15. The first kappa shape index (κ1) is 21.9. The third-order valence-electron chi connectivity index (χ3n) is 5.13. The summed E-state index contributed by atoms with van der Waals surface area (Å²) < 4.78 is 7.23. The Labute approximate surface area is 203 Å². The van der Waals surface area contributed by atoms with E-state index in [2.05, 4.69) is 16.2 Å². The fraction of sp³-hybridized carbons (Fsp3) is 0.167. The number of fused-ring (bicyclic) bond motifs is 1. The van der Waals surface area contributed by atoms with Crippen molar-refractivity contribution >= 4 is 45.8 Å². The molecule has 0 aliphatic rings. The molecule has 0 spiro atoms. The maximum absolute atomic E-state index is 13.2. The first-order chi connectivity index (χ1) is 16.2. The number of nitrogens with zero attached hydrogens (tertiary/aromatic N) is 4. The van der Waals surface area contributed by atoms with E-state index in [0.29, 0.717) is 40.1 Å². The zero-order chi connectivity index (χ0) is 22.6. The number of para-hydroxylation sites is 1. The van der Waals surface area contributed by atoms with E-state index in [1.165, 1.54) is 21.5 Å². The molecule has 166 valence electrons. The molecule has 9 heteroatoms. The van der Waals surface area contributed by atoms with Crippen molar-refractivity contribution in [1.29, 1.82) is 0 Å². The second-order valence-electron chi connectivity index (χ2n) is 7.23. The monoisotopic (exact) mass is 492 g/mol. The standard InChI is InChI=1S/C24H20N4O2S3/c1-31-17-10-8-16(9-11-17)22-26-21(30-27-22)15-33-24-25-20-7-3-2-6-19(20)23(29)28(24)13-12-18-5-4-14-32-18/h2-11,14H,12-13,15H2,1H3. The molecule has 3 aromatic heterocycles. The van der Waals surface area contributed by atoms with Gasteiger partial charge in [-0.25, -0.2) is 4.98 Å². The lowest BCUT2D eigenvalue weighted by Gasteiger charge is -2.12. The van der Waals surface area contributed by atoms with Gasteiger partial charge in [0.2, 0.25) is 11.7 Å². The average molecular weight is 493 g/mol. The van der Waals surface area contributed by atoms with Gasteiger partial charge < -0.3 is 4.52 Å². The van der Waals surface area contributed by atoms with Crippen molar-refractivity contribution < 1.29 is 4.52 Å². The third kappa shape index (κ3) is 4.90.